The smallest absolute Gasteiger partial charge is 0.0920 e. The molecule has 0 radical (unpaired) electrons. The lowest BCUT2D eigenvalue weighted by Gasteiger charge is -2.40. The summed E-state index contributed by atoms with van der Waals surface area (Å²) >= 11 is 3.80. The van der Waals surface area contributed by atoms with E-state index in [1.165, 1.54) is 12.8 Å². The maximum atomic E-state index is 10.9. The predicted octanol–water partition coefficient (Wildman–Crippen LogP) is 4.98. The Kier molecular flexibility index (Phi) is 6.25. The highest BCUT2D eigenvalue weighted by atomic mass is 79.9. The van der Waals surface area contributed by atoms with Gasteiger partial charge in [-0.2, -0.15) is 0 Å². The first-order valence-corrected chi connectivity index (χ1v) is 10.2. The molecule has 1 N–H and O–H groups in total. The van der Waals surface area contributed by atoms with Crippen LogP contribution < -0.4 is 0 Å². The van der Waals surface area contributed by atoms with Gasteiger partial charge in [-0.15, -0.1) is 0 Å². The molecule has 136 valence electrons. The van der Waals surface area contributed by atoms with Gasteiger partial charge in [0, 0.05) is 4.83 Å². The van der Waals surface area contributed by atoms with Crippen molar-refractivity contribution >= 4 is 15.9 Å². The van der Waals surface area contributed by atoms with Crippen LogP contribution in [0.1, 0.15) is 86.0 Å². The molecule has 0 aromatic heterocycles. The molecule has 0 aliphatic carbocycles. The lowest BCUT2D eigenvalue weighted by Crippen LogP contribution is -2.48. The van der Waals surface area contributed by atoms with Gasteiger partial charge in [0.15, 0.2) is 0 Å². The summed E-state index contributed by atoms with van der Waals surface area (Å²) in [4.78, 5) is 0.335. The summed E-state index contributed by atoms with van der Waals surface area (Å²) in [5, 5.41) is 10.9. The maximum Gasteiger partial charge on any atom is 0.0920 e. The van der Waals surface area contributed by atoms with Crippen molar-refractivity contribution in [1.29, 1.82) is 0 Å². The fourth-order valence-corrected chi connectivity index (χ4v) is 4.31. The van der Waals surface area contributed by atoms with Gasteiger partial charge in [-0.05, 0) is 59.8 Å². The maximum absolute atomic E-state index is 10.9. The third-order valence-corrected chi connectivity index (χ3v) is 7.42. The van der Waals surface area contributed by atoms with E-state index in [1.807, 2.05) is 6.92 Å². The number of rotatable bonds is 4. The standard InChI is InChI=1S/C19H35BrO3/c1-6-7-8-9-15-18(4,21)12-11-16-19(5,23-15)13-10-14(20)17(2,3)22-16/h14-16,21H,6-13H2,1-5H3/t14?,15?,16-,18-,19+/m1/s1. The summed E-state index contributed by atoms with van der Waals surface area (Å²) in [7, 11) is 0. The average molecular weight is 391 g/mol. The number of alkyl halides is 1. The monoisotopic (exact) mass is 390 g/mol. The summed E-state index contributed by atoms with van der Waals surface area (Å²) in [5.41, 5.74) is -1.28. The summed E-state index contributed by atoms with van der Waals surface area (Å²) < 4.78 is 13.1. The Labute approximate surface area is 150 Å². The Balaban J connectivity index is 2.19. The summed E-state index contributed by atoms with van der Waals surface area (Å²) in [5.74, 6) is 0. The molecule has 23 heavy (non-hydrogen) atoms. The Morgan fingerprint density at radius 2 is 1.74 bits per heavy atom. The second kappa shape index (κ2) is 7.31. The topological polar surface area (TPSA) is 38.7 Å². The molecule has 2 aliphatic heterocycles. The third-order valence-electron chi connectivity index (χ3n) is 5.86. The Hall–Kier alpha value is 0.360. The lowest BCUT2D eigenvalue weighted by atomic mass is 9.88. The van der Waals surface area contributed by atoms with Gasteiger partial charge in [0.1, 0.15) is 0 Å². The van der Waals surface area contributed by atoms with E-state index in [-0.39, 0.29) is 23.4 Å². The molecule has 2 heterocycles. The Morgan fingerprint density at radius 1 is 1.04 bits per heavy atom. The van der Waals surface area contributed by atoms with E-state index in [0.717, 1.165) is 38.5 Å². The van der Waals surface area contributed by atoms with Crippen LogP contribution in [0.5, 0.6) is 0 Å². The van der Waals surface area contributed by atoms with E-state index >= 15 is 0 Å². The molecule has 2 saturated heterocycles. The Morgan fingerprint density at radius 3 is 2.39 bits per heavy atom. The number of aliphatic hydroxyl groups is 1. The second-order valence-electron chi connectivity index (χ2n) is 8.53. The van der Waals surface area contributed by atoms with Gasteiger partial charge in [0.2, 0.25) is 0 Å². The van der Waals surface area contributed by atoms with Crippen LogP contribution in [0.3, 0.4) is 0 Å². The number of hydrogen-bond acceptors (Lipinski definition) is 3. The number of hydrogen-bond donors (Lipinski definition) is 1. The van der Waals surface area contributed by atoms with E-state index in [1.54, 1.807) is 0 Å². The highest BCUT2D eigenvalue weighted by molar-refractivity contribution is 9.09. The molecule has 2 rings (SSSR count). The molecule has 0 aromatic carbocycles. The third kappa shape index (κ3) is 4.50. The molecule has 0 amide bonds. The molecule has 0 spiro atoms. The Bertz CT molecular complexity index is 396. The van der Waals surface area contributed by atoms with Gasteiger partial charge < -0.3 is 14.6 Å². The van der Waals surface area contributed by atoms with Crippen molar-refractivity contribution in [3.63, 3.8) is 0 Å². The second-order valence-corrected chi connectivity index (χ2v) is 9.63. The minimum Gasteiger partial charge on any atom is -0.387 e. The van der Waals surface area contributed by atoms with E-state index in [4.69, 9.17) is 9.47 Å². The van der Waals surface area contributed by atoms with Crippen molar-refractivity contribution in [3.05, 3.63) is 0 Å². The van der Waals surface area contributed by atoms with Gasteiger partial charge in [-0.3, -0.25) is 0 Å². The quantitative estimate of drug-likeness (QED) is 0.543. The van der Waals surface area contributed by atoms with Crippen LogP contribution in [0, 0.1) is 0 Å². The molecule has 2 fully saturated rings. The molecular formula is C19H35BrO3. The van der Waals surface area contributed by atoms with E-state index in [2.05, 4.69) is 43.6 Å². The molecular weight excluding hydrogens is 356 g/mol. The predicted molar refractivity (Wildman–Crippen MR) is 98.2 cm³/mol. The first-order chi connectivity index (χ1) is 10.6. The minimum atomic E-state index is -0.760. The van der Waals surface area contributed by atoms with Crippen molar-refractivity contribution < 1.29 is 14.6 Å². The van der Waals surface area contributed by atoms with Gasteiger partial charge >= 0.3 is 0 Å². The molecule has 3 nitrogen and oxygen atoms in total. The van der Waals surface area contributed by atoms with Crippen molar-refractivity contribution in [2.45, 2.75) is 120 Å². The van der Waals surface area contributed by atoms with Gasteiger partial charge in [0.25, 0.3) is 0 Å². The molecule has 0 saturated carbocycles. The van der Waals surface area contributed by atoms with Crippen LogP contribution in [0.4, 0.5) is 0 Å². The van der Waals surface area contributed by atoms with E-state index in [9.17, 15) is 5.11 Å². The molecule has 0 aromatic rings. The zero-order valence-corrected chi connectivity index (χ0v) is 17.1. The van der Waals surface area contributed by atoms with Crippen LogP contribution in [-0.2, 0) is 9.47 Å². The molecule has 4 heteroatoms. The SMILES string of the molecule is CCCCCC1O[C@@]2(C)CCC(Br)C(C)(C)O[C@@H]2CC[C@@]1(C)O. The summed E-state index contributed by atoms with van der Waals surface area (Å²) in [6, 6.07) is 0. The zero-order chi connectivity index (χ0) is 17.3. The molecule has 0 bridgehead atoms. The lowest BCUT2D eigenvalue weighted by molar-refractivity contribution is -0.200. The number of fused-ring (bicyclic) bond motifs is 1. The van der Waals surface area contributed by atoms with E-state index < -0.39 is 5.60 Å². The normalized spacial score (nSPS) is 44.2. The van der Waals surface area contributed by atoms with Crippen LogP contribution >= 0.6 is 15.9 Å². The highest BCUT2D eigenvalue weighted by Crippen LogP contribution is 2.45. The van der Waals surface area contributed by atoms with Crippen LogP contribution in [0.25, 0.3) is 0 Å². The van der Waals surface area contributed by atoms with Crippen molar-refractivity contribution in [2.24, 2.45) is 0 Å². The molecule has 2 aliphatic rings. The fraction of sp³-hybridized carbons (Fsp3) is 1.00. The van der Waals surface area contributed by atoms with Crippen molar-refractivity contribution in [1.82, 2.24) is 0 Å². The number of halogens is 1. The van der Waals surface area contributed by atoms with Gasteiger partial charge in [-0.25, -0.2) is 0 Å². The molecule has 5 atom stereocenters. The van der Waals surface area contributed by atoms with Crippen molar-refractivity contribution in [3.8, 4) is 0 Å². The minimum absolute atomic E-state index is 0.0442. The fourth-order valence-electron chi connectivity index (χ4n) is 3.97. The summed E-state index contributed by atoms with van der Waals surface area (Å²) in [6.45, 7) is 10.6. The zero-order valence-electron chi connectivity index (χ0n) is 15.5. The number of ether oxygens (including phenoxy) is 2. The van der Waals surface area contributed by atoms with Gasteiger partial charge in [0.05, 0.1) is 29.0 Å². The van der Waals surface area contributed by atoms with Crippen LogP contribution in [-0.4, -0.2) is 38.9 Å². The van der Waals surface area contributed by atoms with Crippen LogP contribution in [0.2, 0.25) is 0 Å². The number of unbranched alkanes of at least 4 members (excludes halogenated alkanes) is 2. The van der Waals surface area contributed by atoms with Crippen molar-refractivity contribution in [2.75, 3.05) is 0 Å². The highest BCUT2D eigenvalue weighted by Gasteiger charge is 2.51. The first kappa shape index (κ1) is 19.7. The molecule has 2 unspecified atom stereocenters. The largest absolute Gasteiger partial charge is 0.387 e. The van der Waals surface area contributed by atoms with E-state index in [0.29, 0.717) is 4.83 Å². The summed E-state index contributed by atoms with van der Waals surface area (Å²) in [6.07, 6.45) is 7.99. The first-order valence-electron chi connectivity index (χ1n) is 9.33. The van der Waals surface area contributed by atoms with Crippen LogP contribution in [0.15, 0.2) is 0 Å². The average Bonchev–Trinajstić information content (AvgIpc) is 2.60. The van der Waals surface area contributed by atoms with Gasteiger partial charge in [-0.1, -0.05) is 42.1 Å².